The van der Waals surface area contributed by atoms with Crippen molar-refractivity contribution < 1.29 is 9.13 Å². The number of nitrogens with zero attached hydrogens (tertiary/aromatic N) is 1. The predicted molar refractivity (Wildman–Crippen MR) is 66.6 cm³/mol. The molecule has 1 heterocycles. The molecule has 1 aromatic heterocycles. The summed E-state index contributed by atoms with van der Waals surface area (Å²) in [5.41, 5.74) is 0.603. The summed E-state index contributed by atoms with van der Waals surface area (Å²) >= 11 is 0. The molecule has 1 unspecified atom stereocenters. The van der Waals surface area contributed by atoms with Gasteiger partial charge >= 0.3 is 0 Å². The number of rotatable bonds is 7. The molecule has 1 aromatic rings. The number of ether oxygens (including phenoxy) is 1. The van der Waals surface area contributed by atoms with E-state index in [4.69, 9.17) is 4.74 Å². The van der Waals surface area contributed by atoms with Crippen molar-refractivity contribution in [3.63, 3.8) is 0 Å². The molecule has 0 saturated carbocycles. The fraction of sp³-hybridized carbons (Fsp3) is 0.615. The van der Waals surface area contributed by atoms with Crippen molar-refractivity contribution in [3.8, 4) is 5.88 Å². The molecule has 0 aliphatic rings. The second-order valence-corrected chi connectivity index (χ2v) is 4.10. The van der Waals surface area contributed by atoms with Gasteiger partial charge in [-0.25, -0.2) is 9.37 Å². The molecule has 0 bridgehead atoms. The highest BCUT2D eigenvalue weighted by Gasteiger charge is 2.12. The lowest BCUT2D eigenvalue weighted by Crippen LogP contribution is -2.17. The summed E-state index contributed by atoms with van der Waals surface area (Å²) in [4.78, 5) is 3.93. The van der Waals surface area contributed by atoms with Gasteiger partial charge in [0.1, 0.15) is 0 Å². The fourth-order valence-corrected chi connectivity index (χ4v) is 1.35. The van der Waals surface area contributed by atoms with E-state index in [0.717, 1.165) is 19.4 Å². The first-order valence-electron chi connectivity index (χ1n) is 6.19. The Kier molecular flexibility index (Phi) is 5.91. The van der Waals surface area contributed by atoms with Crippen LogP contribution in [0.15, 0.2) is 12.3 Å². The standard InChI is InChI=1S/C13H21FN2O/c1-4-7-15-9-11-6-8-16-13(12(11)14)17-10(3)5-2/h6,8,10,15H,4-5,7,9H2,1-3H3. The number of hydrogen-bond acceptors (Lipinski definition) is 3. The van der Waals surface area contributed by atoms with Gasteiger partial charge in [0.05, 0.1) is 6.10 Å². The third-order valence-corrected chi connectivity index (χ3v) is 2.57. The Morgan fingerprint density at radius 1 is 1.47 bits per heavy atom. The van der Waals surface area contributed by atoms with E-state index in [1.165, 1.54) is 0 Å². The van der Waals surface area contributed by atoms with E-state index in [1.807, 2.05) is 13.8 Å². The topological polar surface area (TPSA) is 34.2 Å². The number of hydrogen-bond donors (Lipinski definition) is 1. The fourth-order valence-electron chi connectivity index (χ4n) is 1.35. The minimum absolute atomic E-state index is 0.0177. The molecule has 0 saturated heterocycles. The Hall–Kier alpha value is -1.16. The molecule has 17 heavy (non-hydrogen) atoms. The van der Waals surface area contributed by atoms with Crippen LogP contribution in [-0.4, -0.2) is 17.6 Å². The molecule has 0 spiro atoms. The maximum absolute atomic E-state index is 14.0. The summed E-state index contributed by atoms with van der Waals surface area (Å²) in [5.74, 6) is -0.244. The summed E-state index contributed by atoms with van der Waals surface area (Å²) in [6, 6.07) is 1.68. The number of halogens is 1. The van der Waals surface area contributed by atoms with Gasteiger partial charge in [-0.15, -0.1) is 0 Å². The Morgan fingerprint density at radius 2 is 2.24 bits per heavy atom. The number of aromatic nitrogens is 1. The lowest BCUT2D eigenvalue weighted by atomic mass is 10.2. The van der Waals surface area contributed by atoms with Crippen LogP contribution in [0.5, 0.6) is 5.88 Å². The Morgan fingerprint density at radius 3 is 2.88 bits per heavy atom. The van der Waals surface area contributed by atoms with E-state index in [9.17, 15) is 4.39 Å². The molecule has 0 aliphatic carbocycles. The molecule has 1 rings (SSSR count). The average molecular weight is 240 g/mol. The lowest BCUT2D eigenvalue weighted by Gasteiger charge is -2.13. The zero-order valence-corrected chi connectivity index (χ0v) is 10.8. The highest BCUT2D eigenvalue weighted by molar-refractivity contribution is 5.23. The van der Waals surface area contributed by atoms with Crippen LogP contribution in [0.4, 0.5) is 4.39 Å². The molecule has 1 N–H and O–H groups in total. The molecular weight excluding hydrogens is 219 g/mol. The first-order valence-corrected chi connectivity index (χ1v) is 6.19. The van der Waals surface area contributed by atoms with Crippen molar-refractivity contribution in [2.24, 2.45) is 0 Å². The van der Waals surface area contributed by atoms with Crippen LogP contribution in [0, 0.1) is 5.82 Å². The third-order valence-electron chi connectivity index (χ3n) is 2.57. The van der Waals surface area contributed by atoms with Crippen LogP contribution < -0.4 is 10.1 Å². The Bertz CT molecular complexity index is 344. The smallest absolute Gasteiger partial charge is 0.250 e. The monoisotopic (exact) mass is 240 g/mol. The largest absolute Gasteiger partial charge is 0.473 e. The molecule has 1 atom stereocenters. The quantitative estimate of drug-likeness (QED) is 0.744. The zero-order valence-electron chi connectivity index (χ0n) is 10.8. The van der Waals surface area contributed by atoms with Gasteiger partial charge in [0.15, 0.2) is 5.82 Å². The van der Waals surface area contributed by atoms with Gasteiger partial charge in [0.2, 0.25) is 0 Å². The van der Waals surface area contributed by atoms with E-state index >= 15 is 0 Å². The minimum Gasteiger partial charge on any atom is -0.473 e. The SMILES string of the molecule is CCCNCc1ccnc(OC(C)CC)c1F. The van der Waals surface area contributed by atoms with E-state index in [-0.39, 0.29) is 17.8 Å². The first-order chi connectivity index (χ1) is 8.19. The molecule has 0 aliphatic heterocycles. The highest BCUT2D eigenvalue weighted by atomic mass is 19.1. The minimum atomic E-state index is -0.351. The molecule has 0 amide bonds. The molecule has 0 aromatic carbocycles. The average Bonchev–Trinajstić information content (AvgIpc) is 2.34. The number of nitrogens with one attached hydrogen (secondary N) is 1. The summed E-state index contributed by atoms with van der Waals surface area (Å²) in [6.45, 7) is 7.37. The Balaban J connectivity index is 2.69. The van der Waals surface area contributed by atoms with Crippen LogP contribution in [0.25, 0.3) is 0 Å². The van der Waals surface area contributed by atoms with Gasteiger partial charge < -0.3 is 10.1 Å². The zero-order chi connectivity index (χ0) is 12.7. The van der Waals surface area contributed by atoms with Gasteiger partial charge in [-0.1, -0.05) is 13.8 Å². The Labute approximate surface area is 102 Å². The van der Waals surface area contributed by atoms with Crippen LogP contribution in [-0.2, 0) is 6.54 Å². The molecule has 0 fully saturated rings. The van der Waals surface area contributed by atoms with E-state index < -0.39 is 0 Å². The second kappa shape index (κ2) is 7.22. The predicted octanol–water partition coefficient (Wildman–Crippen LogP) is 2.90. The third kappa shape index (κ3) is 4.30. The molecule has 4 heteroatoms. The van der Waals surface area contributed by atoms with Crippen LogP contribution in [0.2, 0.25) is 0 Å². The molecule has 3 nitrogen and oxygen atoms in total. The summed E-state index contributed by atoms with van der Waals surface area (Å²) in [7, 11) is 0. The highest BCUT2D eigenvalue weighted by Crippen LogP contribution is 2.19. The van der Waals surface area contributed by atoms with Crippen molar-refractivity contribution in [1.29, 1.82) is 0 Å². The van der Waals surface area contributed by atoms with Crippen molar-refractivity contribution >= 4 is 0 Å². The van der Waals surface area contributed by atoms with Crippen molar-refractivity contribution in [2.75, 3.05) is 6.54 Å². The summed E-state index contributed by atoms with van der Waals surface area (Å²) < 4.78 is 19.4. The van der Waals surface area contributed by atoms with Crippen molar-refractivity contribution in [1.82, 2.24) is 10.3 Å². The normalized spacial score (nSPS) is 12.5. The van der Waals surface area contributed by atoms with Crippen LogP contribution in [0.3, 0.4) is 0 Å². The van der Waals surface area contributed by atoms with Gasteiger partial charge in [-0.05, 0) is 32.4 Å². The summed E-state index contributed by atoms with van der Waals surface area (Å²) in [5, 5.41) is 3.16. The molecule has 0 radical (unpaired) electrons. The molecular formula is C13H21FN2O. The van der Waals surface area contributed by atoms with Gasteiger partial charge in [-0.2, -0.15) is 0 Å². The van der Waals surface area contributed by atoms with Crippen molar-refractivity contribution in [2.45, 2.75) is 46.3 Å². The van der Waals surface area contributed by atoms with Crippen molar-refractivity contribution in [3.05, 3.63) is 23.6 Å². The van der Waals surface area contributed by atoms with Crippen LogP contribution >= 0.6 is 0 Å². The van der Waals surface area contributed by atoms with Gasteiger partial charge in [0.25, 0.3) is 5.88 Å². The molecule has 96 valence electrons. The van der Waals surface area contributed by atoms with Gasteiger partial charge in [0, 0.05) is 18.3 Å². The summed E-state index contributed by atoms with van der Waals surface area (Å²) in [6.07, 6.45) is 3.43. The second-order valence-electron chi connectivity index (χ2n) is 4.10. The van der Waals surface area contributed by atoms with E-state index in [0.29, 0.717) is 12.1 Å². The van der Waals surface area contributed by atoms with E-state index in [2.05, 4.69) is 17.2 Å². The van der Waals surface area contributed by atoms with E-state index in [1.54, 1.807) is 12.3 Å². The van der Waals surface area contributed by atoms with Crippen LogP contribution in [0.1, 0.15) is 39.2 Å². The number of pyridine rings is 1. The maximum atomic E-state index is 14.0. The first kappa shape index (κ1) is 13.9. The maximum Gasteiger partial charge on any atom is 0.250 e. The lowest BCUT2D eigenvalue weighted by molar-refractivity contribution is 0.197. The van der Waals surface area contributed by atoms with Gasteiger partial charge in [-0.3, -0.25) is 0 Å².